The van der Waals surface area contributed by atoms with Gasteiger partial charge in [0.25, 0.3) is 5.91 Å². The summed E-state index contributed by atoms with van der Waals surface area (Å²) in [5.41, 5.74) is 0.636. The van der Waals surface area contributed by atoms with Crippen molar-refractivity contribution in [1.82, 2.24) is 15.5 Å². The van der Waals surface area contributed by atoms with Crippen molar-refractivity contribution >= 4 is 17.7 Å². The Balaban J connectivity index is 1.48. The first-order chi connectivity index (χ1) is 12.1. The zero-order valence-electron chi connectivity index (χ0n) is 14.3. The molecule has 134 valence electrons. The third kappa shape index (κ3) is 4.10. The predicted molar refractivity (Wildman–Crippen MR) is 91.2 cm³/mol. The van der Waals surface area contributed by atoms with Crippen LogP contribution in [0.15, 0.2) is 24.3 Å². The van der Waals surface area contributed by atoms with Crippen molar-refractivity contribution < 1.29 is 19.1 Å². The maximum Gasteiger partial charge on any atom is 0.253 e. The number of ether oxygens (including phenoxy) is 1. The van der Waals surface area contributed by atoms with Gasteiger partial charge in [0.15, 0.2) is 0 Å². The fraction of sp³-hybridized carbons (Fsp3) is 0.500. The SMILES string of the molecule is COc1ccc(C(=O)N2CCC(NC(=O)C3CCC(=O)N3)CC2)cc1. The normalized spacial score (nSPS) is 20.9. The minimum Gasteiger partial charge on any atom is -0.497 e. The van der Waals surface area contributed by atoms with Gasteiger partial charge < -0.3 is 20.3 Å². The van der Waals surface area contributed by atoms with Gasteiger partial charge in [0, 0.05) is 31.1 Å². The highest BCUT2D eigenvalue weighted by atomic mass is 16.5. The molecule has 3 amide bonds. The van der Waals surface area contributed by atoms with E-state index in [1.165, 1.54) is 0 Å². The molecule has 7 heteroatoms. The molecule has 0 aliphatic carbocycles. The number of benzene rings is 1. The fourth-order valence-corrected chi connectivity index (χ4v) is 3.26. The minimum atomic E-state index is -0.411. The number of nitrogens with zero attached hydrogens (tertiary/aromatic N) is 1. The van der Waals surface area contributed by atoms with E-state index >= 15 is 0 Å². The molecule has 1 unspecified atom stereocenters. The Morgan fingerprint density at radius 1 is 1.16 bits per heavy atom. The van der Waals surface area contributed by atoms with Crippen LogP contribution in [0.5, 0.6) is 5.75 Å². The van der Waals surface area contributed by atoms with Crippen LogP contribution in [-0.2, 0) is 9.59 Å². The molecular weight excluding hydrogens is 322 g/mol. The second kappa shape index (κ2) is 7.55. The summed E-state index contributed by atoms with van der Waals surface area (Å²) in [6, 6.07) is 6.71. The Morgan fingerprint density at radius 2 is 1.84 bits per heavy atom. The molecule has 2 fully saturated rings. The van der Waals surface area contributed by atoms with E-state index in [0.29, 0.717) is 44.3 Å². The summed E-state index contributed by atoms with van der Waals surface area (Å²) in [5, 5.41) is 5.66. The van der Waals surface area contributed by atoms with Crippen molar-refractivity contribution in [3.8, 4) is 5.75 Å². The van der Waals surface area contributed by atoms with Crippen molar-refractivity contribution in [1.29, 1.82) is 0 Å². The number of likely N-dealkylation sites (tertiary alicyclic amines) is 1. The van der Waals surface area contributed by atoms with E-state index in [9.17, 15) is 14.4 Å². The summed E-state index contributed by atoms with van der Waals surface area (Å²) in [5.74, 6) is 0.526. The Bertz CT molecular complexity index is 651. The van der Waals surface area contributed by atoms with Gasteiger partial charge in [-0.05, 0) is 43.5 Å². The van der Waals surface area contributed by atoms with E-state index < -0.39 is 6.04 Å². The first-order valence-corrected chi connectivity index (χ1v) is 8.60. The highest BCUT2D eigenvalue weighted by molar-refractivity contribution is 5.94. The lowest BCUT2D eigenvalue weighted by Gasteiger charge is -2.33. The van der Waals surface area contributed by atoms with E-state index in [4.69, 9.17) is 4.74 Å². The van der Waals surface area contributed by atoms with Crippen molar-refractivity contribution in [3.05, 3.63) is 29.8 Å². The lowest BCUT2D eigenvalue weighted by molar-refractivity contribution is -0.126. The summed E-state index contributed by atoms with van der Waals surface area (Å²) in [6.07, 6.45) is 2.40. The molecule has 2 aliphatic heterocycles. The maximum absolute atomic E-state index is 12.5. The molecule has 2 aliphatic rings. The van der Waals surface area contributed by atoms with Crippen LogP contribution in [-0.4, -0.2) is 54.9 Å². The Hall–Kier alpha value is -2.57. The summed E-state index contributed by atoms with van der Waals surface area (Å²) in [6.45, 7) is 1.21. The van der Waals surface area contributed by atoms with Gasteiger partial charge >= 0.3 is 0 Å². The third-order valence-corrected chi connectivity index (χ3v) is 4.78. The Labute approximate surface area is 146 Å². The number of nitrogens with one attached hydrogen (secondary N) is 2. The molecule has 1 aromatic rings. The van der Waals surface area contributed by atoms with Gasteiger partial charge in [-0.15, -0.1) is 0 Å². The molecule has 0 saturated carbocycles. The summed E-state index contributed by atoms with van der Waals surface area (Å²) in [7, 11) is 1.59. The number of hydrogen-bond donors (Lipinski definition) is 2. The lowest BCUT2D eigenvalue weighted by Crippen LogP contribution is -2.50. The molecule has 0 aromatic heterocycles. The topological polar surface area (TPSA) is 87.7 Å². The average molecular weight is 345 g/mol. The predicted octanol–water partition coefficient (Wildman–Crippen LogP) is 0.695. The summed E-state index contributed by atoms with van der Waals surface area (Å²) >= 11 is 0. The van der Waals surface area contributed by atoms with E-state index in [1.54, 1.807) is 31.4 Å². The highest BCUT2D eigenvalue weighted by Crippen LogP contribution is 2.17. The van der Waals surface area contributed by atoms with Crippen LogP contribution in [0.3, 0.4) is 0 Å². The van der Waals surface area contributed by atoms with Gasteiger partial charge in [0.2, 0.25) is 11.8 Å². The van der Waals surface area contributed by atoms with Gasteiger partial charge in [-0.25, -0.2) is 0 Å². The van der Waals surface area contributed by atoms with Gasteiger partial charge in [0.05, 0.1) is 7.11 Å². The Morgan fingerprint density at radius 3 is 2.40 bits per heavy atom. The van der Waals surface area contributed by atoms with E-state index in [1.807, 2.05) is 4.90 Å². The van der Waals surface area contributed by atoms with Gasteiger partial charge in [0.1, 0.15) is 11.8 Å². The number of carbonyl (C=O) groups is 3. The number of hydrogen-bond acceptors (Lipinski definition) is 4. The number of amides is 3. The van der Waals surface area contributed by atoms with Crippen molar-refractivity contribution in [2.45, 2.75) is 37.8 Å². The molecule has 0 radical (unpaired) electrons. The van der Waals surface area contributed by atoms with E-state index in [0.717, 1.165) is 5.75 Å². The molecule has 1 atom stereocenters. The van der Waals surface area contributed by atoms with Crippen molar-refractivity contribution in [2.24, 2.45) is 0 Å². The molecule has 2 N–H and O–H groups in total. The van der Waals surface area contributed by atoms with E-state index in [2.05, 4.69) is 10.6 Å². The number of rotatable bonds is 4. The van der Waals surface area contributed by atoms with Crippen molar-refractivity contribution in [2.75, 3.05) is 20.2 Å². The minimum absolute atomic E-state index is 0.00418. The second-order valence-corrected chi connectivity index (χ2v) is 6.46. The monoisotopic (exact) mass is 345 g/mol. The molecule has 25 heavy (non-hydrogen) atoms. The summed E-state index contributed by atoms with van der Waals surface area (Å²) in [4.78, 5) is 37.7. The quantitative estimate of drug-likeness (QED) is 0.841. The molecule has 0 spiro atoms. The molecule has 2 heterocycles. The highest BCUT2D eigenvalue weighted by Gasteiger charge is 2.30. The third-order valence-electron chi connectivity index (χ3n) is 4.78. The lowest BCUT2D eigenvalue weighted by atomic mass is 10.0. The maximum atomic E-state index is 12.5. The van der Waals surface area contributed by atoms with Gasteiger partial charge in [-0.1, -0.05) is 0 Å². The molecule has 3 rings (SSSR count). The van der Waals surface area contributed by atoms with Crippen LogP contribution >= 0.6 is 0 Å². The number of methoxy groups -OCH3 is 1. The zero-order chi connectivity index (χ0) is 17.8. The molecule has 1 aromatic carbocycles. The van der Waals surface area contributed by atoms with Gasteiger partial charge in [-0.3, -0.25) is 14.4 Å². The van der Waals surface area contributed by atoms with Crippen LogP contribution in [0.2, 0.25) is 0 Å². The summed E-state index contributed by atoms with van der Waals surface area (Å²) < 4.78 is 5.10. The van der Waals surface area contributed by atoms with Crippen LogP contribution in [0.1, 0.15) is 36.0 Å². The number of piperidine rings is 1. The first-order valence-electron chi connectivity index (χ1n) is 8.60. The van der Waals surface area contributed by atoms with Crippen LogP contribution in [0.4, 0.5) is 0 Å². The smallest absolute Gasteiger partial charge is 0.253 e. The largest absolute Gasteiger partial charge is 0.497 e. The molecule has 7 nitrogen and oxygen atoms in total. The van der Waals surface area contributed by atoms with Gasteiger partial charge in [-0.2, -0.15) is 0 Å². The molecular formula is C18H23N3O4. The second-order valence-electron chi connectivity index (χ2n) is 6.46. The van der Waals surface area contributed by atoms with Crippen molar-refractivity contribution in [3.63, 3.8) is 0 Å². The Kier molecular flexibility index (Phi) is 5.21. The van der Waals surface area contributed by atoms with Crippen LogP contribution < -0.4 is 15.4 Å². The van der Waals surface area contributed by atoms with E-state index in [-0.39, 0.29) is 23.8 Å². The first kappa shape index (κ1) is 17.3. The fourth-order valence-electron chi connectivity index (χ4n) is 3.26. The standard InChI is InChI=1S/C18H23N3O4/c1-25-14-4-2-12(3-5-14)18(24)21-10-8-13(9-11-21)19-17(23)15-6-7-16(22)20-15/h2-5,13,15H,6-11H2,1H3,(H,19,23)(H,20,22). The number of carbonyl (C=O) groups excluding carboxylic acids is 3. The van der Waals surface area contributed by atoms with Crippen LogP contribution in [0.25, 0.3) is 0 Å². The molecule has 2 saturated heterocycles. The average Bonchev–Trinajstić information content (AvgIpc) is 3.08. The zero-order valence-corrected chi connectivity index (χ0v) is 14.3. The van der Waals surface area contributed by atoms with Crippen LogP contribution in [0, 0.1) is 0 Å². The molecule has 0 bridgehead atoms.